The molecule has 1 aromatic rings. The Kier molecular flexibility index (Phi) is 4.88. The summed E-state index contributed by atoms with van der Waals surface area (Å²) in [5.74, 6) is 0. The van der Waals surface area contributed by atoms with Gasteiger partial charge in [-0.25, -0.2) is 13.4 Å². The van der Waals surface area contributed by atoms with Gasteiger partial charge in [0.25, 0.3) is 10.0 Å². The molecule has 5 nitrogen and oxygen atoms in total. The lowest BCUT2D eigenvalue weighted by atomic mass is 10.4. The van der Waals surface area contributed by atoms with E-state index in [4.69, 9.17) is 0 Å². The van der Waals surface area contributed by atoms with Gasteiger partial charge in [0.2, 0.25) is 0 Å². The molecule has 0 fully saturated rings. The molecule has 16 heavy (non-hydrogen) atoms. The van der Waals surface area contributed by atoms with Crippen molar-refractivity contribution in [3.8, 4) is 0 Å². The molecular weight excluding hydrogens is 246 g/mol. The fraction of sp³-hybridized carbons (Fsp3) is 0.556. The third-order valence-corrected chi connectivity index (χ3v) is 4.81. The van der Waals surface area contributed by atoms with Gasteiger partial charge < -0.3 is 5.32 Å². The largest absolute Gasteiger partial charge is 0.312 e. The highest BCUT2D eigenvalue weighted by Crippen LogP contribution is 2.21. The number of rotatable bonds is 6. The molecule has 0 saturated carbocycles. The number of nitrogens with one attached hydrogen (secondary N) is 2. The van der Waals surface area contributed by atoms with Crippen molar-refractivity contribution in [1.82, 2.24) is 15.2 Å². The maximum atomic E-state index is 11.8. The topological polar surface area (TPSA) is 61.4 Å². The van der Waals surface area contributed by atoms with Crippen molar-refractivity contribution in [3.05, 3.63) is 17.0 Å². The average molecular weight is 263 g/mol. The summed E-state index contributed by atoms with van der Waals surface area (Å²) in [6.45, 7) is 3.59. The lowest BCUT2D eigenvalue weighted by molar-refractivity contribution is 0.364. The summed E-state index contributed by atoms with van der Waals surface area (Å²) in [6, 6.07) is 3.46. The molecule has 0 aromatic carbocycles. The van der Waals surface area contributed by atoms with Crippen LogP contribution < -0.4 is 10.1 Å². The average Bonchev–Trinajstić information content (AvgIpc) is 2.61. The molecule has 1 rings (SSSR count). The summed E-state index contributed by atoms with van der Waals surface area (Å²) in [5.41, 5.74) is 0. The summed E-state index contributed by atoms with van der Waals surface area (Å²) in [7, 11) is -0.110. The minimum Gasteiger partial charge on any atom is -0.312 e. The number of sulfonamides is 1. The summed E-state index contributed by atoms with van der Waals surface area (Å²) in [5, 5.41) is 4.57. The smallest absolute Gasteiger partial charge is 0.262 e. The lowest BCUT2D eigenvalue weighted by Crippen LogP contribution is -2.35. The van der Waals surface area contributed by atoms with Crippen LogP contribution in [0.5, 0.6) is 0 Å². The molecule has 0 atom stereocenters. The van der Waals surface area contributed by atoms with Gasteiger partial charge in [0.15, 0.2) is 0 Å². The molecule has 0 spiro atoms. The van der Waals surface area contributed by atoms with E-state index in [2.05, 4.69) is 10.1 Å². The van der Waals surface area contributed by atoms with Gasteiger partial charge in [0.05, 0.1) is 0 Å². The SMILES string of the molecule is CCNCc1ccc(S(=O)(=O)NN(C)C)s1. The first-order valence-corrected chi connectivity index (χ1v) is 7.25. The minimum atomic E-state index is -3.40. The summed E-state index contributed by atoms with van der Waals surface area (Å²) in [6.07, 6.45) is 0. The minimum absolute atomic E-state index is 0.342. The molecule has 0 unspecified atom stereocenters. The van der Waals surface area contributed by atoms with Crippen molar-refractivity contribution in [1.29, 1.82) is 0 Å². The van der Waals surface area contributed by atoms with Crippen molar-refractivity contribution in [3.63, 3.8) is 0 Å². The zero-order valence-corrected chi connectivity index (χ0v) is 11.3. The standard InChI is InChI=1S/C9H17N3O2S2/c1-4-10-7-8-5-6-9(15-8)16(13,14)11-12(2)3/h5-6,10-11H,4,7H2,1-3H3. The fourth-order valence-corrected chi connectivity index (χ4v) is 3.53. The molecule has 1 heterocycles. The van der Waals surface area contributed by atoms with Crippen LogP contribution in [0.15, 0.2) is 16.3 Å². The molecule has 1 aromatic heterocycles. The van der Waals surface area contributed by atoms with Gasteiger partial charge >= 0.3 is 0 Å². The van der Waals surface area contributed by atoms with Crippen LogP contribution in [0, 0.1) is 0 Å². The van der Waals surface area contributed by atoms with Crippen LogP contribution in [-0.4, -0.2) is 34.1 Å². The molecule has 92 valence electrons. The Morgan fingerprint density at radius 3 is 2.62 bits per heavy atom. The second kappa shape index (κ2) is 5.74. The van der Waals surface area contributed by atoms with E-state index in [1.807, 2.05) is 13.0 Å². The Bertz CT molecular complexity index is 426. The normalized spacial score (nSPS) is 12.2. The summed E-state index contributed by atoms with van der Waals surface area (Å²) >= 11 is 1.28. The van der Waals surface area contributed by atoms with E-state index in [0.717, 1.165) is 11.4 Å². The molecule has 7 heteroatoms. The van der Waals surface area contributed by atoms with Crippen LogP contribution in [0.25, 0.3) is 0 Å². The Morgan fingerprint density at radius 1 is 1.38 bits per heavy atom. The lowest BCUT2D eigenvalue weighted by Gasteiger charge is -2.10. The van der Waals surface area contributed by atoms with Gasteiger partial charge in [-0.3, -0.25) is 0 Å². The van der Waals surface area contributed by atoms with Crippen LogP contribution in [0.1, 0.15) is 11.8 Å². The molecule has 0 aliphatic rings. The second-order valence-electron chi connectivity index (χ2n) is 3.49. The Morgan fingerprint density at radius 2 is 2.06 bits per heavy atom. The molecule has 0 bridgehead atoms. The van der Waals surface area contributed by atoms with E-state index in [-0.39, 0.29) is 0 Å². The Labute approximate surface area is 100 Å². The zero-order valence-electron chi connectivity index (χ0n) is 9.65. The number of thiophene rings is 1. The predicted octanol–water partition coefficient (Wildman–Crippen LogP) is 0.613. The maximum absolute atomic E-state index is 11.8. The van der Waals surface area contributed by atoms with Gasteiger partial charge in [0.1, 0.15) is 4.21 Å². The first-order chi connectivity index (χ1) is 7.45. The fourth-order valence-electron chi connectivity index (χ4n) is 1.13. The zero-order chi connectivity index (χ0) is 12.2. The first kappa shape index (κ1) is 13.6. The number of hydrogen-bond donors (Lipinski definition) is 2. The molecule has 0 saturated heterocycles. The quantitative estimate of drug-likeness (QED) is 0.738. The summed E-state index contributed by atoms with van der Waals surface area (Å²) in [4.78, 5) is 3.42. The molecule has 0 amide bonds. The Hall–Kier alpha value is -0.470. The van der Waals surface area contributed by atoms with Crippen molar-refractivity contribution < 1.29 is 8.42 Å². The predicted molar refractivity (Wildman–Crippen MR) is 65.7 cm³/mol. The molecule has 0 aliphatic heterocycles. The monoisotopic (exact) mass is 263 g/mol. The van der Waals surface area contributed by atoms with E-state index < -0.39 is 10.0 Å². The van der Waals surface area contributed by atoms with Crippen LogP contribution in [0.2, 0.25) is 0 Å². The molecule has 0 radical (unpaired) electrons. The van der Waals surface area contributed by atoms with E-state index in [9.17, 15) is 8.42 Å². The van der Waals surface area contributed by atoms with Crippen LogP contribution >= 0.6 is 11.3 Å². The highest BCUT2D eigenvalue weighted by molar-refractivity contribution is 7.91. The van der Waals surface area contributed by atoms with Crippen molar-refractivity contribution in [2.24, 2.45) is 0 Å². The Balaban J connectivity index is 2.77. The number of hydrogen-bond acceptors (Lipinski definition) is 5. The highest BCUT2D eigenvalue weighted by Gasteiger charge is 2.17. The second-order valence-corrected chi connectivity index (χ2v) is 6.55. The van der Waals surface area contributed by atoms with Gasteiger partial charge in [-0.05, 0) is 18.7 Å². The molecular formula is C9H17N3O2S2. The number of nitrogens with zero attached hydrogens (tertiary/aromatic N) is 1. The molecule has 2 N–H and O–H groups in total. The van der Waals surface area contributed by atoms with Crippen LogP contribution in [0.4, 0.5) is 0 Å². The third kappa shape index (κ3) is 3.84. The highest BCUT2D eigenvalue weighted by atomic mass is 32.2. The van der Waals surface area contributed by atoms with Gasteiger partial charge in [0, 0.05) is 25.5 Å². The van der Waals surface area contributed by atoms with Crippen molar-refractivity contribution in [2.75, 3.05) is 20.6 Å². The van der Waals surface area contributed by atoms with Crippen LogP contribution in [-0.2, 0) is 16.6 Å². The van der Waals surface area contributed by atoms with Crippen molar-refractivity contribution in [2.45, 2.75) is 17.7 Å². The molecule has 0 aliphatic carbocycles. The van der Waals surface area contributed by atoms with Crippen molar-refractivity contribution >= 4 is 21.4 Å². The van der Waals surface area contributed by atoms with E-state index in [1.165, 1.54) is 16.3 Å². The number of hydrazine groups is 1. The van der Waals surface area contributed by atoms with E-state index >= 15 is 0 Å². The van der Waals surface area contributed by atoms with Gasteiger partial charge in [-0.1, -0.05) is 6.92 Å². The third-order valence-electron chi connectivity index (χ3n) is 1.75. The van der Waals surface area contributed by atoms with Gasteiger partial charge in [-0.2, -0.15) is 0 Å². The maximum Gasteiger partial charge on any atom is 0.262 e. The van der Waals surface area contributed by atoms with E-state index in [0.29, 0.717) is 10.8 Å². The van der Waals surface area contributed by atoms with E-state index in [1.54, 1.807) is 20.2 Å². The van der Waals surface area contributed by atoms with Crippen LogP contribution in [0.3, 0.4) is 0 Å². The van der Waals surface area contributed by atoms with Gasteiger partial charge in [-0.15, -0.1) is 16.2 Å². The summed E-state index contributed by atoms with van der Waals surface area (Å²) < 4.78 is 23.9. The first-order valence-electron chi connectivity index (χ1n) is 4.95.